The molecule has 0 aliphatic carbocycles. The molecule has 1 aromatic heterocycles. The number of para-hydroxylation sites is 1. The Balaban J connectivity index is 1.97. The quantitative estimate of drug-likeness (QED) is 0.497. The lowest BCUT2D eigenvalue weighted by Gasteiger charge is -2.09. The molecular formula is C16H12Cl2N2O4. The van der Waals surface area contributed by atoms with Gasteiger partial charge in [0.15, 0.2) is 12.4 Å². The summed E-state index contributed by atoms with van der Waals surface area (Å²) in [6.07, 6.45) is 1.19. The molecule has 0 spiro atoms. The average molecular weight is 367 g/mol. The highest BCUT2D eigenvalue weighted by Gasteiger charge is 2.14. The second kappa shape index (κ2) is 7.90. The minimum atomic E-state index is -0.768. The van der Waals surface area contributed by atoms with E-state index in [2.05, 4.69) is 10.3 Å². The van der Waals surface area contributed by atoms with Crippen LogP contribution in [0.2, 0.25) is 10.2 Å². The lowest BCUT2D eigenvalue weighted by Crippen LogP contribution is -2.22. The molecule has 8 heteroatoms. The number of aromatic nitrogens is 1. The molecule has 0 aliphatic heterocycles. The minimum Gasteiger partial charge on any atom is -0.452 e. The van der Waals surface area contributed by atoms with Crippen molar-refractivity contribution in [1.29, 1.82) is 0 Å². The fraction of sp³-hybridized carbons (Fsp3) is 0.125. The number of pyridine rings is 1. The van der Waals surface area contributed by atoms with Crippen molar-refractivity contribution < 1.29 is 19.1 Å². The van der Waals surface area contributed by atoms with Crippen molar-refractivity contribution in [1.82, 2.24) is 4.98 Å². The second-order valence-electron chi connectivity index (χ2n) is 4.72. The SMILES string of the molecule is CC(=O)c1ccccc1NC(=O)COC(=O)c1cnc(Cl)c(Cl)c1. The molecule has 124 valence electrons. The number of hydrogen-bond donors (Lipinski definition) is 1. The lowest BCUT2D eigenvalue weighted by molar-refractivity contribution is -0.119. The predicted octanol–water partition coefficient (Wildman–Crippen LogP) is 3.39. The zero-order valence-corrected chi connectivity index (χ0v) is 14.0. The number of anilines is 1. The van der Waals surface area contributed by atoms with Crippen molar-refractivity contribution in [2.24, 2.45) is 0 Å². The van der Waals surface area contributed by atoms with Crippen molar-refractivity contribution in [3.05, 3.63) is 57.8 Å². The number of carbonyl (C=O) groups is 3. The van der Waals surface area contributed by atoms with Crippen molar-refractivity contribution in [3.63, 3.8) is 0 Å². The Hall–Kier alpha value is -2.44. The molecule has 1 heterocycles. The smallest absolute Gasteiger partial charge is 0.340 e. The third-order valence-corrected chi connectivity index (χ3v) is 3.63. The highest BCUT2D eigenvalue weighted by Crippen LogP contribution is 2.20. The number of nitrogens with one attached hydrogen (secondary N) is 1. The molecule has 0 unspecified atom stereocenters. The van der Waals surface area contributed by atoms with Crippen molar-refractivity contribution in [2.45, 2.75) is 6.92 Å². The van der Waals surface area contributed by atoms with Gasteiger partial charge < -0.3 is 10.1 Å². The molecule has 1 N–H and O–H groups in total. The summed E-state index contributed by atoms with van der Waals surface area (Å²) < 4.78 is 4.88. The van der Waals surface area contributed by atoms with Gasteiger partial charge in [0.25, 0.3) is 5.91 Å². The number of amides is 1. The standard InChI is InChI=1S/C16H12Cl2N2O4/c1-9(21)11-4-2-3-5-13(11)20-14(22)8-24-16(23)10-6-12(17)15(18)19-7-10/h2-7H,8H2,1H3,(H,20,22). The van der Waals surface area contributed by atoms with Gasteiger partial charge in [-0.25, -0.2) is 9.78 Å². The van der Waals surface area contributed by atoms with Crippen LogP contribution in [0.4, 0.5) is 5.69 Å². The first-order chi connectivity index (χ1) is 11.4. The highest BCUT2D eigenvalue weighted by molar-refractivity contribution is 6.41. The summed E-state index contributed by atoms with van der Waals surface area (Å²) in [5.74, 6) is -1.54. The molecule has 0 aliphatic rings. The van der Waals surface area contributed by atoms with E-state index in [0.717, 1.165) is 0 Å². The van der Waals surface area contributed by atoms with Gasteiger partial charge in [-0.05, 0) is 25.1 Å². The van der Waals surface area contributed by atoms with E-state index < -0.39 is 18.5 Å². The Morgan fingerprint density at radius 3 is 2.58 bits per heavy atom. The third kappa shape index (κ3) is 4.53. The number of nitrogens with zero attached hydrogens (tertiary/aromatic N) is 1. The van der Waals surface area contributed by atoms with E-state index in [-0.39, 0.29) is 21.5 Å². The number of Topliss-reactive ketones (excluding diaryl/α,β-unsaturated/α-hetero) is 1. The summed E-state index contributed by atoms with van der Waals surface area (Å²) in [4.78, 5) is 38.9. The summed E-state index contributed by atoms with van der Waals surface area (Å²) in [5.41, 5.74) is 0.787. The Morgan fingerprint density at radius 2 is 1.92 bits per heavy atom. The van der Waals surface area contributed by atoms with E-state index in [9.17, 15) is 14.4 Å². The van der Waals surface area contributed by atoms with E-state index in [1.165, 1.54) is 19.2 Å². The van der Waals surface area contributed by atoms with E-state index in [1.807, 2.05) is 0 Å². The van der Waals surface area contributed by atoms with Crippen LogP contribution in [0.5, 0.6) is 0 Å². The summed E-state index contributed by atoms with van der Waals surface area (Å²) in [6, 6.07) is 7.83. The first-order valence-corrected chi connectivity index (χ1v) is 7.52. The van der Waals surface area contributed by atoms with Crippen LogP contribution < -0.4 is 5.32 Å². The van der Waals surface area contributed by atoms with E-state index in [4.69, 9.17) is 27.9 Å². The van der Waals surface area contributed by atoms with Crippen molar-refractivity contribution in [2.75, 3.05) is 11.9 Å². The first-order valence-electron chi connectivity index (χ1n) is 6.76. The van der Waals surface area contributed by atoms with Crippen LogP contribution in [-0.2, 0) is 9.53 Å². The van der Waals surface area contributed by atoms with Gasteiger partial charge in [-0.2, -0.15) is 0 Å². The van der Waals surface area contributed by atoms with E-state index in [1.54, 1.807) is 24.3 Å². The lowest BCUT2D eigenvalue weighted by atomic mass is 10.1. The predicted molar refractivity (Wildman–Crippen MR) is 89.6 cm³/mol. The molecule has 0 bridgehead atoms. The molecule has 0 saturated heterocycles. The van der Waals surface area contributed by atoms with Crippen LogP contribution in [0.3, 0.4) is 0 Å². The summed E-state index contributed by atoms with van der Waals surface area (Å²) in [7, 11) is 0. The maximum atomic E-state index is 11.9. The molecular weight excluding hydrogens is 355 g/mol. The van der Waals surface area contributed by atoms with Crippen LogP contribution >= 0.6 is 23.2 Å². The fourth-order valence-electron chi connectivity index (χ4n) is 1.83. The number of rotatable bonds is 5. The van der Waals surface area contributed by atoms with Gasteiger partial charge in [0, 0.05) is 11.8 Å². The Bertz CT molecular complexity index is 808. The van der Waals surface area contributed by atoms with Crippen LogP contribution in [0.15, 0.2) is 36.5 Å². The molecule has 2 rings (SSSR count). The summed E-state index contributed by atoms with van der Waals surface area (Å²) in [6.45, 7) is 0.869. The molecule has 6 nitrogen and oxygen atoms in total. The van der Waals surface area contributed by atoms with Crippen LogP contribution in [-0.4, -0.2) is 29.3 Å². The van der Waals surface area contributed by atoms with Crippen molar-refractivity contribution in [3.8, 4) is 0 Å². The summed E-state index contributed by atoms with van der Waals surface area (Å²) in [5, 5.41) is 2.68. The molecule has 1 aromatic carbocycles. The zero-order chi connectivity index (χ0) is 17.7. The van der Waals surface area contributed by atoms with Gasteiger partial charge in [0.1, 0.15) is 5.15 Å². The molecule has 24 heavy (non-hydrogen) atoms. The number of benzene rings is 1. The van der Waals surface area contributed by atoms with Crippen LogP contribution in [0, 0.1) is 0 Å². The van der Waals surface area contributed by atoms with Crippen molar-refractivity contribution >= 4 is 46.5 Å². The molecule has 0 radical (unpaired) electrons. The van der Waals surface area contributed by atoms with E-state index >= 15 is 0 Å². The van der Waals surface area contributed by atoms with Gasteiger partial charge in [0.2, 0.25) is 0 Å². The Morgan fingerprint density at radius 1 is 1.21 bits per heavy atom. The largest absolute Gasteiger partial charge is 0.452 e. The van der Waals surface area contributed by atoms with Crippen LogP contribution in [0.25, 0.3) is 0 Å². The van der Waals surface area contributed by atoms with Crippen LogP contribution in [0.1, 0.15) is 27.6 Å². The number of ether oxygens (including phenoxy) is 1. The van der Waals surface area contributed by atoms with Gasteiger partial charge in [-0.15, -0.1) is 0 Å². The molecule has 0 saturated carbocycles. The molecule has 0 fully saturated rings. The number of hydrogen-bond acceptors (Lipinski definition) is 5. The number of esters is 1. The fourth-order valence-corrected chi connectivity index (χ4v) is 2.10. The van der Waals surface area contributed by atoms with Gasteiger partial charge >= 0.3 is 5.97 Å². The van der Waals surface area contributed by atoms with Gasteiger partial charge in [0.05, 0.1) is 16.3 Å². The maximum absolute atomic E-state index is 11.9. The van der Waals surface area contributed by atoms with Gasteiger partial charge in [-0.1, -0.05) is 35.3 Å². The zero-order valence-electron chi connectivity index (χ0n) is 12.5. The average Bonchev–Trinajstić information content (AvgIpc) is 2.55. The topological polar surface area (TPSA) is 85.4 Å². The maximum Gasteiger partial charge on any atom is 0.340 e. The monoisotopic (exact) mass is 366 g/mol. The molecule has 1 amide bonds. The third-order valence-electron chi connectivity index (χ3n) is 2.95. The van der Waals surface area contributed by atoms with Gasteiger partial charge in [-0.3, -0.25) is 9.59 Å². The number of carbonyl (C=O) groups excluding carboxylic acids is 3. The normalized spacial score (nSPS) is 10.1. The highest BCUT2D eigenvalue weighted by atomic mass is 35.5. The number of ketones is 1. The Labute approximate surface area is 147 Å². The second-order valence-corrected chi connectivity index (χ2v) is 5.49. The molecule has 0 atom stereocenters. The molecule has 2 aromatic rings. The number of halogens is 2. The minimum absolute atomic E-state index is 0.0619. The summed E-state index contributed by atoms with van der Waals surface area (Å²) >= 11 is 11.4. The first kappa shape index (κ1) is 17.9. The Kier molecular flexibility index (Phi) is 5.89. The van der Waals surface area contributed by atoms with E-state index in [0.29, 0.717) is 11.3 Å².